The number of hydrogen-bond acceptors (Lipinski definition) is 2. The molecular weight excluding hydrogens is 282 g/mol. The van der Waals surface area contributed by atoms with Gasteiger partial charge in [0.15, 0.2) is 0 Å². The Morgan fingerprint density at radius 1 is 1.10 bits per heavy atom. The van der Waals surface area contributed by atoms with Gasteiger partial charge in [-0.05, 0) is 47.7 Å². The number of hydrogen-bond donors (Lipinski definition) is 1. The highest BCUT2D eigenvalue weighted by molar-refractivity contribution is 6.30. The van der Waals surface area contributed by atoms with Crippen LogP contribution in [-0.4, -0.2) is 6.54 Å². The number of halogens is 1. The molecule has 0 saturated heterocycles. The zero-order chi connectivity index (χ0) is 15.4. The van der Waals surface area contributed by atoms with Crippen molar-refractivity contribution in [1.29, 1.82) is 0 Å². The van der Waals surface area contributed by atoms with Gasteiger partial charge in [0.25, 0.3) is 0 Å². The van der Waals surface area contributed by atoms with Gasteiger partial charge in [0.05, 0.1) is 0 Å². The van der Waals surface area contributed by atoms with Crippen LogP contribution in [0.15, 0.2) is 42.5 Å². The molecule has 112 valence electrons. The summed E-state index contributed by atoms with van der Waals surface area (Å²) in [5.74, 6) is 1.35. The lowest BCUT2D eigenvalue weighted by Gasteiger charge is -2.20. The molecule has 0 heterocycles. The van der Waals surface area contributed by atoms with Crippen molar-refractivity contribution in [3.05, 3.63) is 64.2 Å². The van der Waals surface area contributed by atoms with Crippen LogP contribution >= 0.6 is 11.6 Å². The largest absolute Gasteiger partial charge is 0.484 e. The van der Waals surface area contributed by atoms with E-state index in [0.29, 0.717) is 17.5 Å². The van der Waals surface area contributed by atoms with E-state index in [1.165, 1.54) is 5.56 Å². The van der Waals surface area contributed by atoms with Crippen LogP contribution in [0.1, 0.15) is 42.6 Å². The van der Waals surface area contributed by atoms with Gasteiger partial charge >= 0.3 is 0 Å². The van der Waals surface area contributed by atoms with Gasteiger partial charge in [-0.2, -0.15) is 0 Å². The lowest BCUT2D eigenvalue weighted by Crippen LogP contribution is -2.19. The minimum Gasteiger partial charge on any atom is -0.484 e. The average molecular weight is 304 g/mol. The Hall–Kier alpha value is -1.51. The van der Waals surface area contributed by atoms with Gasteiger partial charge in [0, 0.05) is 11.6 Å². The van der Waals surface area contributed by atoms with Crippen molar-refractivity contribution in [2.45, 2.75) is 32.8 Å². The minimum absolute atomic E-state index is 0.190. The highest BCUT2D eigenvalue weighted by Crippen LogP contribution is 2.29. The van der Waals surface area contributed by atoms with Gasteiger partial charge < -0.3 is 10.5 Å². The van der Waals surface area contributed by atoms with Gasteiger partial charge in [-0.25, -0.2) is 0 Å². The number of aryl methyl sites for hydroxylation is 1. The lowest BCUT2D eigenvalue weighted by atomic mass is 10.0. The minimum atomic E-state index is -0.190. The Bertz CT molecular complexity index is 610. The molecule has 2 rings (SSSR count). The van der Waals surface area contributed by atoms with Crippen LogP contribution in [-0.2, 0) is 0 Å². The van der Waals surface area contributed by atoms with Gasteiger partial charge in [-0.3, -0.25) is 0 Å². The monoisotopic (exact) mass is 303 g/mol. The van der Waals surface area contributed by atoms with Crippen molar-refractivity contribution in [1.82, 2.24) is 0 Å². The van der Waals surface area contributed by atoms with E-state index >= 15 is 0 Å². The van der Waals surface area contributed by atoms with Gasteiger partial charge in [-0.1, -0.05) is 49.7 Å². The van der Waals surface area contributed by atoms with E-state index < -0.39 is 0 Å². The summed E-state index contributed by atoms with van der Waals surface area (Å²) >= 11 is 6.05. The molecule has 2 N–H and O–H groups in total. The maximum absolute atomic E-state index is 6.14. The van der Waals surface area contributed by atoms with Crippen molar-refractivity contribution < 1.29 is 4.74 Å². The Labute approximate surface area is 131 Å². The quantitative estimate of drug-likeness (QED) is 0.857. The van der Waals surface area contributed by atoms with Crippen molar-refractivity contribution >= 4 is 11.6 Å². The second-order valence-electron chi connectivity index (χ2n) is 5.58. The maximum atomic E-state index is 6.14. The summed E-state index contributed by atoms with van der Waals surface area (Å²) in [7, 11) is 0. The predicted molar refractivity (Wildman–Crippen MR) is 89.1 cm³/mol. The number of rotatable bonds is 5. The second-order valence-corrected chi connectivity index (χ2v) is 6.01. The Kier molecular flexibility index (Phi) is 5.27. The van der Waals surface area contributed by atoms with Gasteiger partial charge in [-0.15, -0.1) is 0 Å². The number of nitrogens with two attached hydrogens (primary N) is 1. The normalized spacial score (nSPS) is 12.5. The predicted octanol–water partition coefficient (Wildman–Crippen LogP) is 4.85. The van der Waals surface area contributed by atoms with E-state index in [1.54, 1.807) is 0 Å². The molecule has 0 aliphatic carbocycles. The SMILES string of the molecule is Cc1ccc(C(C)C)cc1OC(CN)c1cccc(Cl)c1. The summed E-state index contributed by atoms with van der Waals surface area (Å²) in [6.45, 7) is 6.80. The van der Waals surface area contributed by atoms with Crippen molar-refractivity contribution in [3.63, 3.8) is 0 Å². The molecule has 0 bridgehead atoms. The van der Waals surface area contributed by atoms with Crippen molar-refractivity contribution in [2.75, 3.05) is 6.54 Å². The number of ether oxygens (including phenoxy) is 1. The average Bonchev–Trinajstić information content (AvgIpc) is 2.46. The van der Waals surface area contributed by atoms with E-state index in [-0.39, 0.29) is 6.10 Å². The lowest BCUT2D eigenvalue weighted by molar-refractivity contribution is 0.212. The summed E-state index contributed by atoms with van der Waals surface area (Å²) < 4.78 is 6.14. The first-order valence-electron chi connectivity index (χ1n) is 7.24. The Morgan fingerprint density at radius 2 is 1.86 bits per heavy atom. The zero-order valence-electron chi connectivity index (χ0n) is 12.8. The fourth-order valence-corrected chi connectivity index (χ4v) is 2.41. The molecule has 3 heteroatoms. The van der Waals surface area contributed by atoms with Crippen LogP contribution in [0.3, 0.4) is 0 Å². The summed E-state index contributed by atoms with van der Waals surface area (Å²) in [6, 6.07) is 14.0. The summed E-state index contributed by atoms with van der Waals surface area (Å²) in [5, 5.41) is 0.696. The molecule has 0 aliphatic rings. The first-order chi connectivity index (χ1) is 10.0. The van der Waals surface area contributed by atoms with Crippen LogP contribution in [0, 0.1) is 6.92 Å². The third-order valence-electron chi connectivity index (χ3n) is 3.58. The smallest absolute Gasteiger partial charge is 0.136 e. The number of benzene rings is 2. The molecule has 1 atom stereocenters. The molecule has 1 unspecified atom stereocenters. The molecule has 0 amide bonds. The molecule has 2 aromatic carbocycles. The third kappa shape index (κ3) is 3.99. The summed E-state index contributed by atoms with van der Waals surface area (Å²) in [4.78, 5) is 0. The fourth-order valence-electron chi connectivity index (χ4n) is 2.22. The molecule has 0 spiro atoms. The standard InChI is InChI=1S/C18H22ClNO/c1-12(2)14-8-7-13(3)17(10-14)21-18(11-20)15-5-4-6-16(19)9-15/h4-10,12,18H,11,20H2,1-3H3. The molecule has 21 heavy (non-hydrogen) atoms. The molecule has 0 saturated carbocycles. The van der Waals surface area contributed by atoms with E-state index in [2.05, 4.69) is 32.0 Å². The molecule has 2 aromatic rings. The Morgan fingerprint density at radius 3 is 2.48 bits per heavy atom. The zero-order valence-corrected chi connectivity index (χ0v) is 13.5. The van der Waals surface area contributed by atoms with Crippen LogP contribution < -0.4 is 10.5 Å². The van der Waals surface area contributed by atoms with Crippen LogP contribution in [0.2, 0.25) is 5.02 Å². The topological polar surface area (TPSA) is 35.2 Å². The van der Waals surface area contributed by atoms with E-state index in [9.17, 15) is 0 Å². The summed E-state index contributed by atoms with van der Waals surface area (Å²) in [5.41, 5.74) is 9.25. The molecule has 0 fully saturated rings. The van der Waals surface area contributed by atoms with Crippen molar-refractivity contribution in [2.24, 2.45) is 5.73 Å². The van der Waals surface area contributed by atoms with Gasteiger partial charge in [0.1, 0.15) is 11.9 Å². The van der Waals surface area contributed by atoms with E-state index in [0.717, 1.165) is 16.9 Å². The first-order valence-corrected chi connectivity index (χ1v) is 7.61. The molecule has 0 radical (unpaired) electrons. The van der Waals surface area contributed by atoms with E-state index in [4.69, 9.17) is 22.1 Å². The van der Waals surface area contributed by atoms with Crippen molar-refractivity contribution in [3.8, 4) is 5.75 Å². The maximum Gasteiger partial charge on any atom is 0.136 e. The molecular formula is C18H22ClNO. The van der Waals surface area contributed by atoms with Gasteiger partial charge in [0.2, 0.25) is 0 Å². The first kappa shape index (κ1) is 15.9. The second kappa shape index (κ2) is 6.97. The highest BCUT2D eigenvalue weighted by atomic mass is 35.5. The molecule has 0 aromatic heterocycles. The fraction of sp³-hybridized carbons (Fsp3) is 0.333. The van der Waals surface area contributed by atoms with Crippen LogP contribution in [0.4, 0.5) is 0 Å². The highest BCUT2D eigenvalue weighted by Gasteiger charge is 2.14. The van der Waals surface area contributed by atoms with Crippen LogP contribution in [0.5, 0.6) is 5.75 Å². The molecule has 2 nitrogen and oxygen atoms in total. The third-order valence-corrected chi connectivity index (χ3v) is 3.82. The Balaban J connectivity index is 2.28. The van der Waals surface area contributed by atoms with E-state index in [1.807, 2.05) is 31.2 Å². The summed E-state index contributed by atoms with van der Waals surface area (Å²) in [6.07, 6.45) is -0.190. The molecule has 0 aliphatic heterocycles. The van der Waals surface area contributed by atoms with Crippen LogP contribution in [0.25, 0.3) is 0 Å².